The molecule has 0 bridgehead atoms. The summed E-state index contributed by atoms with van der Waals surface area (Å²) >= 11 is 0. The molecule has 1 nitrogen and oxygen atoms in total. The molecule has 0 aromatic carbocycles. The molecule has 0 spiro atoms. The third kappa shape index (κ3) is 6.75. The summed E-state index contributed by atoms with van der Waals surface area (Å²) in [6.07, 6.45) is 11.6. The van der Waals surface area contributed by atoms with Crippen molar-refractivity contribution >= 4 is 5.78 Å². The van der Waals surface area contributed by atoms with Gasteiger partial charge in [-0.2, -0.15) is 0 Å². The minimum absolute atomic E-state index is 0.0127. The summed E-state index contributed by atoms with van der Waals surface area (Å²) in [5.74, 6) is 0.0127. The second kappa shape index (κ2) is 7.73. The quantitative estimate of drug-likeness (QED) is 0.433. The molecule has 0 heterocycles. The highest BCUT2D eigenvalue weighted by atomic mass is 16.1. The molecular weight excluding hydrogens is 148 g/mol. The van der Waals surface area contributed by atoms with Crippen molar-refractivity contribution < 1.29 is 4.79 Å². The number of carbonyl (C=O) groups excluding carboxylic acids is 1. The minimum atomic E-state index is 0.0127. The van der Waals surface area contributed by atoms with Gasteiger partial charge in [0.25, 0.3) is 0 Å². The zero-order valence-electron chi connectivity index (χ0n) is 7.20. The van der Waals surface area contributed by atoms with E-state index in [0.29, 0.717) is 0 Å². The van der Waals surface area contributed by atoms with E-state index in [1.807, 2.05) is 0 Å². The maximum Gasteiger partial charge on any atom is 0.178 e. The molecule has 0 saturated heterocycles. The smallest absolute Gasteiger partial charge is 0.178 e. The third-order valence-corrected chi connectivity index (χ3v) is 1.17. The largest absolute Gasteiger partial charge is 0.290 e. The standard InChI is InChI=1S/C11H14O/c1-3-5-7-9-11(12)10-8-6-4-2/h3-4,7-10H,1-2,5-6H2. The molecule has 1 heteroatoms. The van der Waals surface area contributed by atoms with Crippen LogP contribution in [0.5, 0.6) is 0 Å². The van der Waals surface area contributed by atoms with E-state index in [0.717, 1.165) is 12.8 Å². The molecule has 0 radical (unpaired) electrons. The highest BCUT2D eigenvalue weighted by molar-refractivity contribution is 5.99. The number of allylic oxidation sites excluding steroid dienone is 6. The predicted molar refractivity (Wildman–Crippen MR) is 52.9 cm³/mol. The Hall–Kier alpha value is -1.37. The lowest BCUT2D eigenvalue weighted by atomic mass is 10.2. The molecule has 0 aliphatic rings. The molecule has 0 saturated carbocycles. The van der Waals surface area contributed by atoms with E-state index in [1.54, 1.807) is 36.5 Å². The van der Waals surface area contributed by atoms with E-state index >= 15 is 0 Å². The molecule has 0 rings (SSSR count). The van der Waals surface area contributed by atoms with Gasteiger partial charge in [-0.15, -0.1) is 13.2 Å². The average molecular weight is 162 g/mol. The number of hydrogen-bond acceptors (Lipinski definition) is 1. The number of rotatable bonds is 6. The van der Waals surface area contributed by atoms with Crippen LogP contribution in [0.2, 0.25) is 0 Å². The fraction of sp³-hybridized carbons (Fsp3) is 0.182. The number of carbonyl (C=O) groups is 1. The third-order valence-electron chi connectivity index (χ3n) is 1.17. The van der Waals surface area contributed by atoms with E-state index in [4.69, 9.17) is 0 Å². The van der Waals surface area contributed by atoms with E-state index in [-0.39, 0.29) is 5.78 Å². The van der Waals surface area contributed by atoms with Crippen LogP contribution < -0.4 is 0 Å². The highest BCUT2D eigenvalue weighted by Gasteiger charge is 1.84. The van der Waals surface area contributed by atoms with Crippen LogP contribution >= 0.6 is 0 Å². The molecule has 0 aromatic heterocycles. The molecule has 0 aliphatic carbocycles. The minimum Gasteiger partial charge on any atom is -0.290 e. The lowest BCUT2D eigenvalue weighted by molar-refractivity contribution is -0.110. The fourth-order valence-corrected chi connectivity index (χ4v) is 0.616. The molecule has 12 heavy (non-hydrogen) atoms. The molecule has 0 aliphatic heterocycles. The molecule has 64 valence electrons. The topological polar surface area (TPSA) is 17.1 Å². The lowest BCUT2D eigenvalue weighted by Crippen LogP contribution is -1.83. The summed E-state index contributed by atoms with van der Waals surface area (Å²) < 4.78 is 0. The Morgan fingerprint density at radius 3 is 1.75 bits per heavy atom. The van der Waals surface area contributed by atoms with Gasteiger partial charge in [-0.1, -0.05) is 24.3 Å². The van der Waals surface area contributed by atoms with Crippen molar-refractivity contribution in [2.45, 2.75) is 12.8 Å². The summed E-state index contributed by atoms with van der Waals surface area (Å²) in [6, 6.07) is 0. The van der Waals surface area contributed by atoms with E-state index in [1.165, 1.54) is 0 Å². The Labute approximate surface area is 73.8 Å². The van der Waals surface area contributed by atoms with Crippen molar-refractivity contribution in [2.75, 3.05) is 0 Å². The first-order chi connectivity index (χ1) is 5.81. The van der Waals surface area contributed by atoms with Crippen LogP contribution in [-0.2, 0) is 4.79 Å². The van der Waals surface area contributed by atoms with Crippen molar-refractivity contribution in [3.8, 4) is 0 Å². The van der Waals surface area contributed by atoms with Gasteiger partial charge < -0.3 is 0 Å². The van der Waals surface area contributed by atoms with Crippen LogP contribution in [0, 0.1) is 0 Å². The Bertz CT molecular complexity index is 187. The summed E-state index contributed by atoms with van der Waals surface area (Å²) in [6.45, 7) is 7.08. The zero-order valence-corrected chi connectivity index (χ0v) is 7.20. The SMILES string of the molecule is C=CCC=CC(=O)C=CCC=C. The maximum atomic E-state index is 11.0. The predicted octanol–water partition coefficient (Wildman–Crippen LogP) is 2.82. The van der Waals surface area contributed by atoms with Gasteiger partial charge >= 0.3 is 0 Å². The Balaban J connectivity index is 3.72. The summed E-state index contributed by atoms with van der Waals surface area (Å²) in [5.41, 5.74) is 0. The van der Waals surface area contributed by atoms with E-state index in [2.05, 4.69) is 13.2 Å². The van der Waals surface area contributed by atoms with Gasteiger partial charge in [-0.25, -0.2) is 0 Å². The normalized spacial score (nSPS) is 10.7. The van der Waals surface area contributed by atoms with Crippen molar-refractivity contribution in [1.29, 1.82) is 0 Å². The van der Waals surface area contributed by atoms with Crippen molar-refractivity contribution in [3.63, 3.8) is 0 Å². The van der Waals surface area contributed by atoms with Gasteiger partial charge in [0.15, 0.2) is 5.78 Å². The Morgan fingerprint density at radius 1 is 1.00 bits per heavy atom. The van der Waals surface area contributed by atoms with E-state index < -0.39 is 0 Å². The van der Waals surface area contributed by atoms with Crippen molar-refractivity contribution in [1.82, 2.24) is 0 Å². The van der Waals surface area contributed by atoms with Crippen molar-refractivity contribution in [2.24, 2.45) is 0 Å². The molecule has 0 unspecified atom stereocenters. The summed E-state index contributed by atoms with van der Waals surface area (Å²) in [4.78, 5) is 11.0. The average Bonchev–Trinajstić information content (AvgIpc) is 2.06. The molecular formula is C11H14O. The molecule has 0 fully saturated rings. The Morgan fingerprint density at radius 2 is 1.42 bits per heavy atom. The summed E-state index contributed by atoms with van der Waals surface area (Å²) in [5, 5.41) is 0. The second-order valence-corrected chi connectivity index (χ2v) is 2.26. The maximum absolute atomic E-state index is 11.0. The van der Waals surface area contributed by atoms with E-state index in [9.17, 15) is 4.79 Å². The zero-order chi connectivity index (χ0) is 9.23. The Kier molecular flexibility index (Phi) is 6.85. The first-order valence-electron chi connectivity index (χ1n) is 3.90. The highest BCUT2D eigenvalue weighted by Crippen LogP contribution is 1.88. The lowest BCUT2D eigenvalue weighted by Gasteiger charge is -1.82. The molecule has 0 aromatic rings. The first kappa shape index (κ1) is 10.6. The number of ketones is 1. The molecule has 0 N–H and O–H groups in total. The molecule has 0 atom stereocenters. The first-order valence-corrected chi connectivity index (χ1v) is 3.90. The van der Waals surface area contributed by atoms with Gasteiger partial charge in [0.2, 0.25) is 0 Å². The van der Waals surface area contributed by atoms with Gasteiger partial charge in [-0.05, 0) is 25.0 Å². The van der Waals surface area contributed by atoms with Gasteiger partial charge in [0.05, 0.1) is 0 Å². The van der Waals surface area contributed by atoms with Gasteiger partial charge in [0, 0.05) is 0 Å². The van der Waals surface area contributed by atoms with Crippen LogP contribution in [-0.4, -0.2) is 5.78 Å². The monoisotopic (exact) mass is 162 g/mol. The second-order valence-electron chi connectivity index (χ2n) is 2.26. The van der Waals surface area contributed by atoms with Crippen LogP contribution in [0.4, 0.5) is 0 Å². The van der Waals surface area contributed by atoms with Crippen LogP contribution in [0.1, 0.15) is 12.8 Å². The van der Waals surface area contributed by atoms with Crippen LogP contribution in [0.3, 0.4) is 0 Å². The fourth-order valence-electron chi connectivity index (χ4n) is 0.616. The van der Waals surface area contributed by atoms with Crippen LogP contribution in [0.15, 0.2) is 49.6 Å². The van der Waals surface area contributed by atoms with Gasteiger partial charge in [0.1, 0.15) is 0 Å². The van der Waals surface area contributed by atoms with Crippen LogP contribution in [0.25, 0.3) is 0 Å². The van der Waals surface area contributed by atoms with Crippen molar-refractivity contribution in [3.05, 3.63) is 49.6 Å². The molecule has 0 amide bonds. The number of hydrogen-bond donors (Lipinski definition) is 0. The summed E-state index contributed by atoms with van der Waals surface area (Å²) in [7, 11) is 0. The van der Waals surface area contributed by atoms with Gasteiger partial charge in [-0.3, -0.25) is 4.79 Å².